The van der Waals surface area contributed by atoms with Crippen molar-refractivity contribution in [2.45, 2.75) is 39.3 Å². The zero-order valence-corrected chi connectivity index (χ0v) is 11.6. The Morgan fingerprint density at radius 1 is 1.53 bits per heavy atom. The number of benzene rings is 1. The maximum atomic E-state index is 14.3. The molecule has 1 aromatic rings. The zero-order valence-electron chi connectivity index (χ0n) is 11.6. The molecule has 104 valence electrons. The molecule has 19 heavy (non-hydrogen) atoms. The quantitative estimate of drug-likeness (QED) is 0.648. The first-order chi connectivity index (χ1) is 9.00. The van der Waals surface area contributed by atoms with E-state index in [1.54, 1.807) is 18.2 Å². The Balaban J connectivity index is 2.19. The molecule has 1 aromatic carbocycles. The number of hydrogen-bond donors (Lipinski definition) is 2. The van der Waals surface area contributed by atoms with Crippen molar-refractivity contribution in [3.05, 3.63) is 35.1 Å². The SMILES string of the molecule is CC(C)C1CCCN1Cc1cccc(C(=N)N)c1F. The number of halogens is 1. The zero-order chi connectivity index (χ0) is 14.0. The van der Waals surface area contributed by atoms with Crippen LogP contribution in [0.15, 0.2) is 18.2 Å². The molecule has 0 aliphatic carbocycles. The molecule has 3 N–H and O–H groups in total. The molecule has 0 saturated carbocycles. The Kier molecular flexibility index (Phi) is 4.20. The molecule has 0 bridgehead atoms. The molecule has 0 spiro atoms. The lowest BCUT2D eigenvalue weighted by molar-refractivity contribution is 0.196. The lowest BCUT2D eigenvalue weighted by Gasteiger charge is -2.27. The molecule has 1 aliphatic rings. The van der Waals surface area contributed by atoms with Gasteiger partial charge in [0.2, 0.25) is 0 Å². The molecule has 0 aromatic heterocycles. The number of hydrogen-bond acceptors (Lipinski definition) is 2. The van der Waals surface area contributed by atoms with Crippen LogP contribution in [0, 0.1) is 17.1 Å². The van der Waals surface area contributed by atoms with Gasteiger partial charge in [-0.2, -0.15) is 0 Å². The van der Waals surface area contributed by atoms with Gasteiger partial charge in [0.15, 0.2) is 0 Å². The summed E-state index contributed by atoms with van der Waals surface area (Å²) in [4.78, 5) is 2.34. The van der Waals surface area contributed by atoms with Gasteiger partial charge in [-0.05, 0) is 31.4 Å². The Morgan fingerprint density at radius 2 is 2.26 bits per heavy atom. The van der Waals surface area contributed by atoms with Crippen LogP contribution in [0.4, 0.5) is 4.39 Å². The van der Waals surface area contributed by atoms with E-state index in [1.165, 1.54) is 12.8 Å². The average Bonchev–Trinajstić information content (AvgIpc) is 2.79. The summed E-state index contributed by atoms with van der Waals surface area (Å²) in [5, 5.41) is 7.39. The van der Waals surface area contributed by atoms with E-state index < -0.39 is 0 Å². The highest BCUT2D eigenvalue weighted by atomic mass is 19.1. The van der Waals surface area contributed by atoms with E-state index in [2.05, 4.69) is 18.7 Å². The number of nitrogens with two attached hydrogens (primary N) is 1. The van der Waals surface area contributed by atoms with Crippen LogP contribution in [-0.2, 0) is 6.54 Å². The second kappa shape index (κ2) is 5.70. The van der Waals surface area contributed by atoms with E-state index in [1.807, 2.05) is 0 Å². The fourth-order valence-electron chi connectivity index (χ4n) is 2.93. The molecule has 0 radical (unpaired) electrons. The van der Waals surface area contributed by atoms with Crippen LogP contribution in [0.1, 0.15) is 37.8 Å². The molecule has 1 aliphatic heterocycles. The summed E-state index contributed by atoms with van der Waals surface area (Å²) in [6, 6.07) is 5.65. The lowest BCUT2D eigenvalue weighted by Crippen LogP contribution is -2.33. The van der Waals surface area contributed by atoms with Crippen molar-refractivity contribution in [2.75, 3.05) is 6.54 Å². The monoisotopic (exact) mass is 263 g/mol. The third-order valence-corrected chi connectivity index (χ3v) is 3.93. The van der Waals surface area contributed by atoms with Gasteiger partial charge in [0.25, 0.3) is 0 Å². The maximum Gasteiger partial charge on any atom is 0.138 e. The van der Waals surface area contributed by atoms with Crippen LogP contribution in [0.5, 0.6) is 0 Å². The second-order valence-corrected chi connectivity index (χ2v) is 5.62. The van der Waals surface area contributed by atoms with E-state index in [4.69, 9.17) is 11.1 Å². The highest BCUT2D eigenvalue weighted by molar-refractivity contribution is 5.95. The molecule has 4 heteroatoms. The Hall–Kier alpha value is -1.42. The van der Waals surface area contributed by atoms with Crippen molar-refractivity contribution in [1.82, 2.24) is 4.90 Å². The van der Waals surface area contributed by atoms with Crippen LogP contribution < -0.4 is 5.73 Å². The van der Waals surface area contributed by atoms with Gasteiger partial charge in [0.05, 0.1) is 5.56 Å². The van der Waals surface area contributed by atoms with Gasteiger partial charge >= 0.3 is 0 Å². The van der Waals surface area contributed by atoms with Crippen LogP contribution in [0.25, 0.3) is 0 Å². The van der Waals surface area contributed by atoms with Crippen LogP contribution in [-0.4, -0.2) is 23.3 Å². The van der Waals surface area contributed by atoms with Gasteiger partial charge in [0.1, 0.15) is 11.7 Å². The van der Waals surface area contributed by atoms with E-state index in [0.717, 1.165) is 6.54 Å². The van der Waals surface area contributed by atoms with Crippen LogP contribution in [0.3, 0.4) is 0 Å². The predicted molar refractivity (Wildman–Crippen MR) is 75.7 cm³/mol. The molecule has 3 nitrogen and oxygen atoms in total. The molecular weight excluding hydrogens is 241 g/mol. The molecule has 2 rings (SSSR count). The summed E-state index contributed by atoms with van der Waals surface area (Å²) in [7, 11) is 0. The summed E-state index contributed by atoms with van der Waals surface area (Å²) in [5.41, 5.74) is 6.24. The first kappa shape index (κ1) is 14.0. The minimum atomic E-state index is -0.343. The smallest absolute Gasteiger partial charge is 0.138 e. The minimum Gasteiger partial charge on any atom is -0.384 e. The Morgan fingerprint density at radius 3 is 2.89 bits per heavy atom. The maximum absolute atomic E-state index is 14.3. The third kappa shape index (κ3) is 2.95. The first-order valence-corrected chi connectivity index (χ1v) is 6.86. The van der Waals surface area contributed by atoms with Crippen molar-refractivity contribution >= 4 is 5.84 Å². The number of rotatable bonds is 4. The summed E-state index contributed by atoms with van der Waals surface area (Å²) in [5.74, 6) is 0.0344. The third-order valence-electron chi connectivity index (χ3n) is 3.93. The van der Waals surface area contributed by atoms with Crippen molar-refractivity contribution in [3.8, 4) is 0 Å². The van der Waals surface area contributed by atoms with E-state index in [9.17, 15) is 4.39 Å². The van der Waals surface area contributed by atoms with Gasteiger partial charge in [-0.3, -0.25) is 10.3 Å². The standard InChI is InChI=1S/C15H22FN3/c1-10(2)13-7-4-8-19(13)9-11-5-3-6-12(14(11)16)15(17)18/h3,5-6,10,13H,4,7-9H2,1-2H3,(H3,17,18). The molecule has 1 unspecified atom stereocenters. The van der Waals surface area contributed by atoms with Crippen molar-refractivity contribution in [2.24, 2.45) is 11.7 Å². The minimum absolute atomic E-state index is 0.206. The number of amidine groups is 1. The number of nitrogen functional groups attached to an aromatic ring is 1. The van der Waals surface area contributed by atoms with Crippen molar-refractivity contribution in [1.29, 1.82) is 5.41 Å². The second-order valence-electron chi connectivity index (χ2n) is 5.62. The Bertz CT molecular complexity index is 470. The molecule has 1 heterocycles. The topological polar surface area (TPSA) is 53.1 Å². The molecule has 0 amide bonds. The number of nitrogens with zero attached hydrogens (tertiary/aromatic N) is 1. The average molecular weight is 263 g/mol. The van der Waals surface area contributed by atoms with Gasteiger partial charge in [-0.1, -0.05) is 26.0 Å². The summed E-state index contributed by atoms with van der Waals surface area (Å²) in [6.45, 7) is 6.05. The van der Waals surface area contributed by atoms with Gasteiger partial charge in [0, 0.05) is 18.2 Å². The first-order valence-electron chi connectivity index (χ1n) is 6.86. The van der Waals surface area contributed by atoms with E-state index in [0.29, 0.717) is 24.1 Å². The van der Waals surface area contributed by atoms with Gasteiger partial charge in [-0.15, -0.1) is 0 Å². The van der Waals surface area contributed by atoms with Crippen molar-refractivity contribution in [3.63, 3.8) is 0 Å². The fourth-order valence-corrected chi connectivity index (χ4v) is 2.93. The van der Waals surface area contributed by atoms with Crippen LogP contribution >= 0.6 is 0 Å². The summed E-state index contributed by atoms with van der Waals surface area (Å²) >= 11 is 0. The number of likely N-dealkylation sites (tertiary alicyclic amines) is 1. The van der Waals surface area contributed by atoms with Crippen molar-refractivity contribution < 1.29 is 4.39 Å². The molecule has 1 fully saturated rings. The Labute approximate surface area is 114 Å². The summed E-state index contributed by atoms with van der Waals surface area (Å²) < 4.78 is 14.3. The normalized spacial score (nSPS) is 20.1. The van der Waals surface area contributed by atoms with E-state index >= 15 is 0 Å². The summed E-state index contributed by atoms with van der Waals surface area (Å²) in [6.07, 6.45) is 2.36. The highest BCUT2D eigenvalue weighted by Gasteiger charge is 2.27. The fraction of sp³-hybridized carbons (Fsp3) is 0.533. The highest BCUT2D eigenvalue weighted by Crippen LogP contribution is 2.26. The number of nitrogens with one attached hydrogen (secondary N) is 1. The molecular formula is C15H22FN3. The lowest BCUT2D eigenvalue weighted by atomic mass is 10.0. The van der Waals surface area contributed by atoms with E-state index in [-0.39, 0.29) is 17.2 Å². The molecule has 1 atom stereocenters. The predicted octanol–water partition coefficient (Wildman–Crippen LogP) is 2.73. The largest absolute Gasteiger partial charge is 0.384 e. The van der Waals surface area contributed by atoms with Crippen LogP contribution in [0.2, 0.25) is 0 Å². The molecule has 1 saturated heterocycles. The van der Waals surface area contributed by atoms with Gasteiger partial charge < -0.3 is 5.73 Å². The van der Waals surface area contributed by atoms with Gasteiger partial charge in [-0.25, -0.2) is 4.39 Å².